The first kappa shape index (κ1) is 22.4. The average molecular weight is 588 g/mol. The largest absolute Gasteiger partial charge is 0.340 e. The van der Waals surface area contributed by atoms with Gasteiger partial charge >= 0.3 is 0 Å². The Morgan fingerprint density at radius 2 is 1.67 bits per heavy atom. The molecular weight excluding hydrogens is 561 g/mol. The van der Waals surface area contributed by atoms with E-state index in [0.717, 1.165) is 17.8 Å². The SMILES string of the molecule is CCc1cc(-c2ccccc2)cc([Si](C)(C)C)c1-n1ccnc1-c1[c-]cccc1.[Ir]. The van der Waals surface area contributed by atoms with Gasteiger partial charge in [-0.2, -0.15) is 0 Å². The third-order valence-corrected chi connectivity index (χ3v) is 7.31. The summed E-state index contributed by atoms with van der Waals surface area (Å²) in [4.78, 5) is 4.69. The van der Waals surface area contributed by atoms with Crippen molar-refractivity contribution < 1.29 is 20.1 Å². The molecule has 0 aliphatic carbocycles. The first-order valence-corrected chi connectivity index (χ1v) is 13.7. The van der Waals surface area contributed by atoms with Crippen molar-refractivity contribution in [2.24, 2.45) is 0 Å². The van der Waals surface area contributed by atoms with Crippen molar-refractivity contribution in [1.29, 1.82) is 0 Å². The van der Waals surface area contributed by atoms with E-state index in [1.54, 1.807) is 0 Å². The number of hydrogen-bond donors (Lipinski definition) is 0. The number of rotatable bonds is 5. The van der Waals surface area contributed by atoms with Gasteiger partial charge in [-0.15, -0.1) is 35.9 Å². The Morgan fingerprint density at radius 3 is 2.30 bits per heavy atom. The fourth-order valence-corrected chi connectivity index (χ4v) is 5.41. The fraction of sp³-hybridized carbons (Fsp3) is 0.192. The van der Waals surface area contributed by atoms with E-state index in [1.807, 2.05) is 24.4 Å². The van der Waals surface area contributed by atoms with Crippen LogP contribution >= 0.6 is 0 Å². The van der Waals surface area contributed by atoms with Crippen LogP contribution in [0.2, 0.25) is 19.6 Å². The summed E-state index contributed by atoms with van der Waals surface area (Å²) in [7, 11) is -1.63. The maximum Gasteiger partial charge on any atom is 0.0803 e. The molecule has 4 heteroatoms. The van der Waals surface area contributed by atoms with E-state index < -0.39 is 8.07 Å². The summed E-state index contributed by atoms with van der Waals surface area (Å²) in [5.74, 6) is 0.951. The van der Waals surface area contributed by atoms with E-state index in [2.05, 4.69) is 96.9 Å². The molecule has 0 aliphatic heterocycles. The predicted molar refractivity (Wildman–Crippen MR) is 126 cm³/mol. The molecule has 0 fully saturated rings. The van der Waals surface area contributed by atoms with Crippen LogP contribution in [0.3, 0.4) is 0 Å². The first-order chi connectivity index (χ1) is 14.0. The van der Waals surface area contributed by atoms with Crippen molar-refractivity contribution in [2.45, 2.75) is 33.0 Å². The van der Waals surface area contributed by atoms with E-state index in [1.165, 1.54) is 27.6 Å². The van der Waals surface area contributed by atoms with Gasteiger partial charge in [-0.1, -0.05) is 63.0 Å². The second kappa shape index (κ2) is 9.26. The second-order valence-corrected chi connectivity index (χ2v) is 13.4. The summed E-state index contributed by atoms with van der Waals surface area (Å²) >= 11 is 0. The van der Waals surface area contributed by atoms with Gasteiger partial charge in [0.15, 0.2) is 0 Å². The smallest absolute Gasteiger partial charge is 0.0803 e. The van der Waals surface area contributed by atoms with Gasteiger partial charge in [0.05, 0.1) is 13.9 Å². The molecule has 1 heterocycles. The molecule has 0 saturated carbocycles. The molecule has 155 valence electrons. The Hall–Kier alpha value is -2.26. The molecule has 0 amide bonds. The summed E-state index contributed by atoms with van der Waals surface area (Å²) in [6.07, 6.45) is 4.97. The Balaban J connectivity index is 0.00000256. The number of imidazole rings is 1. The number of aryl methyl sites for hydroxylation is 1. The Kier molecular flexibility index (Phi) is 6.92. The van der Waals surface area contributed by atoms with Crippen LogP contribution < -0.4 is 5.19 Å². The van der Waals surface area contributed by atoms with E-state index in [4.69, 9.17) is 0 Å². The summed E-state index contributed by atoms with van der Waals surface area (Å²) in [5, 5.41) is 1.46. The maximum absolute atomic E-state index is 4.69. The Bertz CT molecular complexity index is 1110. The molecule has 0 unspecified atom stereocenters. The molecule has 4 aromatic rings. The van der Waals surface area contributed by atoms with Gasteiger partial charge in [-0.05, 0) is 34.4 Å². The minimum absolute atomic E-state index is 0. The van der Waals surface area contributed by atoms with Crippen LogP contribution in [0, 0.1) is 6.07 Å². The molecule has 3 aromatic carbocycles. The molecule has 0 N–H and O–H groups in total. The standard InChI is InChI=1S/C26H27N2Si.Ir/c1-5-20-18-23(21-12-8-6-9-13-21)19-24(29(2,3)4)25(20)28-17-16-27-26(28)22-14-10-7-11-15-22;/h6-14,16-19H,5H2,1-4H3;/q-1;. The van der Waals surface area contributed by atoms with Crippen molar-refractivity contribution >= 4 is 13.3 Å². The van der Waals surface area contributed by atoms with Gasteiger partial charge in [-0.3, -0.25) is 4.98 Å². The normalized spacial score (nSPS) is 11.2. The van der Waals surface area contributed by atoms with Crippen LogP contribution in [-0.4, -0.2) is 17.6 Å². The minimum atomic E-state index is -1.63. The molecule has 1 aromatic heterocycles. The molecule has 0 bridgehead atoms. The quantitative estimate of drug-likeness (QED) is 0.204. The van der Waals surface area contributed by atoms with Gasteiger partial charge in [0, 0.05) is 38.2 Å². The monoisotopic (exact) mass is 588 g/mol. The van der Waals surface area contributed by atoms with Crippen molar-refractivity contribution in [3.63, 3.8) is 0 Å². The molecule has 0 saturated heterocycles. The van der Waals surface area contributed by atoms with E-state index in [0.29, 0.717) is 0 Å². The molecular formula is C26H27IrN2Si-. The molecule has 4 rings (SSSR count). The van der Waals surface area contributed by atoms with Crippen LogP contribution in [0.5, 0.6) is 0 Å². The zero-order valence-corrected chi connectivity index (χ0v) is 21.3. The van der Waals surface area contributed by atoms with E-state index >= 15 is 0 Å². The number of aromatic nitrogens is 2. The van der Waals surface area contributed by atoms with Crippen molar-refractivity contribution in [2.75, 3.05) is 0 Å². The molecule has 0 aliphatic rings. The van der Waals surface area contributed by atoms with Gasteiger partial charge in [0.1, 0.15) is 0 Å². The van der Waals surface area contributed by atoms with Crippen LogP contribution in [-0.2, 0) is 26.5 Å². The second-order valence-electron chi connectivity index (χ2n) is 8.40. The zero-order chi connectivity index (χ0) is 20.4. The molecule has 0 atom stereocenters. The van der Waals surface area contributed by atoms with Crippen LogP contribution in [0.15, 0.2) is 79.1 Å². The number of benzene rings is 3. The van der Waals surface area contributed by atoms with Crippen LogP contribution in [0.1, 0.15) is 12.5 Å². The predicted octanol–water partition coefficient (Wildman–Crippen LogP) is 6.11. The first-order valence-electron chi connectivity index (χ1n) is 10.2. The number of hydrogen-bond acceptors (Lipinski definition) is 1. The summed E-state index contributed by atoms with van der Waals surface area (Å²) in [5.41, 5.74) is 6.26. The van der Waals surface area contributed by atoms with Crippen molar-refractivity contribution in [3.8, 4) is 28.2 Å². The van der Waals surface area contributed by atoms with Crippen LogP contribution in [0.25, 0.3) is 28.2 Å². The van der Waals surface area contributed by atoms with Gasteiger partial charge in [0.25, 0.3) is 0 Å². The molecule has 30 heavy (non-hydrogen) atoms. The van der Waals surface area contributed by atoms with Gasteiger partial charge < -0.3 is 4.57 Å². The molecule has 2 nitrogen and oxygen atoms in total. The topological polar surface area (TPSA) is 17.8 Å². The Morgan fingerprint density at radius 1 is 0.933 bits per heavy atom. The van der Waals surface area contributed by atoms with E-state index in [9.17, 15) is 0 Å². The average Bonchev–Trinajstić information content (AvgIpc) is 3.23. The third kappa shape index (κ3) is 4.41. The molecule has 1 radical (unpaired) electrons. The summed E-state index contributed by atoms with van der Waals surface area (Å²) in [6, 6.07) is 26.9. The van der Waals surface area contributed by atoms with E-state index in [-0.39, 0.29) is 20.1 Å². The van der Waals surface area contributed by atoms with Crippen molar-refractivity contribution in [3.05, 3.63) is 90.8 Å². The Labute approximate surface area is 194 Å². The molecule has 0 spiro atoms. The minimum Gasteiger partial charge on any atom is -0.340 e. The van der Waals surface area contributed by atoms with Crippen molar-refractivity contribution in [1.82, 2.24) is 9.55 Å². The van der Waals surface area contributed by atoms with Crippen LogP contribution in [0.4, 0.5) is 0 Å². The summed E-state index contributed by atoms with van der Waals surface area (Å²) in [6.45, 7) is 9.51. The van der Waals surface area contributed by atoms with Gasteiger partial charge in [0.2, 0.25) is 0 Å². The summed E-state index contributed by atoms with van der Waals surface area (Å²) < 4.78 is 2.27. The van der Waals surface area contributed by atoms with Gasteiger partial charge in [-0.25, -0.2) is 0 Å². The zero-order valence-electron chi connectivity index (χ0n) is 17.9. The maximum atomic E-state index is 4.69. The number of nitrogens with zero attached hydrogens (tertiary/aromatic N) is 2. The fourth-order valence-electron chi connectivity index (χ4n) is 3.83. The third-order valence-electron chi connectivity index (χ3n) is 5.32.